The van der Waals surface area contributed by atoms with Crippen molar-refractivity contribution in [3.05, 3.63) is 66.2 Å². The van der Waals surface area contributed by atoms with Crippen LogP contribution in [0.1, 0.15) is 10.4 Å². The summed E-state index contributed by atoms with van der Waals surface area (Å²) < 4.78 is 0. The van der Waals surface area contributed by atoms with Crippen molar-refractivity contribution in [2.24, 2.45) is 0 Å². The van der Waals surface area contributed by atoms with Crippen molar-refractivity contribution in [2.75, 3.05) is 5.43 Å². The Balaban J connectivity index is 1.75. The van der Waals surface area contributed by atoms with Gasteiger partial charge in [0.2, 0.25) is 5.16 Å². The first kappa shape index (κ1) is 13.3. The second-order valence-electron chi connectivity index (χ2n) is 4.10. The third kappa shape index (κ3) is 3.26. The van der Waals surface area contributed by atoms with E-state index in [9.17, 15) is 4.79 Å². The predicted octanol–water partition coefficient (Wildman–Crippen LogP) is 2.21. The molecule has 21 heavy (non-hydrogen) atoms. The number of carbonyl (C=O) groups is 1. The maximum absolute atomic E-state index is 12.1. The molecule has 3 aromatic rings. The van der Waals surface area contributed by atoms with Crippen molar-refractivity contribution in [3.63, 3.8) is 0 Å². The maximum Gasteiger partial charge on any atom is 0.271 e. The molecule has 0 atom stereocenters. The van der Waals surface area contributed by atoms with Crippen LogP contribution >= 0.6 is 11.8 Å². The minimum atomic E-state index is -0.266. The van der Waals surface area contributed by atoms with E-state index in [-0.39, 0.29) is 5.91 Å². The van der Waals surface area contributed by atoms with Gasteiger partial charge in [0.1, 0.15) is 0 Å². The van der Waals surface area contributed by atoms with Gasteiger partial charge in [-0.1, -0.05) is 41.5 Å². The topological polar surface area (TPSA) is 72.7 Å². The standard InChI is InChI=1S/C14H11N5OS/c20-13(11-7-3-1-4-8-11)16-19-14(15-17-18-19)21-12-9-5-2-6-10-12/h1-10H,(H,16,20). The zero-order valence-corrected chi connectivity index (χ0v) is 11.7. The smallest absolute Gasteiger partial charge is 0.267 e. The lowest BCUT2D eigenvalue weighted by Crippen LogP contribution is -2.24. The molecule has 0 unspecified atom stereocenters. The van der Waals surface area contributed by atoms with E-state index < -0.39 is 0 Å². The van der Waals surface area contributed by atoms with Crippen molar-refractivity contribution in [1.82, 2.24) is 20.3 Å². The quantitative estimate of drug-likeness (QED) is 0.799. The molecule has 1 aromatic heterocycles. The molecule has 0 fully saturated rings. The number of hydrogen-bond donors (Lipinski definition) is 1. The fourth-order valence-corrected chi connectivity index (χ4v) is 2.41. The minimum absolute atomic E-state index is 0.266. The fraction of sp³-hybridized carbons (Fsp3) is 0. The zero-order valence-electron chi connectivity index (χ0n) is 10.9. The van der Waals surface area contributed by atoms with Gasteiger partial charge in [0, 0.05) is 10.5 Å². The predicted molar refractivity (Wildman–Crippen MR) is 78.5 cm³/mol. The SMILES string of the molecule is O=C(Nn1nnnc1Sc1ccccc1)c1ccccc1. The Hall–Kier alpha value is -2.67. The molecular weight excluding hydrogens is 286 g/mol. The van der Waals surface area contributed by atoms with Gasteiger partial charge in [0.25, 0.3) is 5.91 Å². The highest BCUT2D eigenvalue weighted by Crippen LogP contribution is 2.23. The molecule has 0 radical (unpaired) electrons. The number of hydrogen-bond acceptors (Lipinski definition) is 5. The van der Waals surface area contributed by atoms with E-state index >= 15 is 0 Å². The highest BCUT2D eigenvalue weighted by molar-refractivity contribution is 7.99. The number of tetrazole rings is 1. The van der Waals surface area contributed by atoms with Crippen molar-refractivity contribution in [1.29, 1.82) is 0 Å². The van der Waals surface area contributed by atoms with Crippen LogP contribution in [0.25, 0.3) is 0 Å². The molecule has 0 aliphatic carbocycles. The normalized spacial score (nSPS) is 10.3. The number of rotatable bonds is 4. The molecule has 0 aliphatic heterocycles. The van der Waals surface area contributed by atoms with Crippen LogP contribution in [0.4, 0.5) is 0 Å². The number of amides is 1. The minimum Gasteiger partial charge on any atom is -0.267 e. The number of nitrogens with one attached hydrogen (secondary N) is 1. The van der Waals surface area contributed by atoms with E-state index in [1.165, 1.54) is 16.6 Å². The largest absolute Gasteiger partial charge is 0.271 e. The summed E-state index contributed by atoms with van der Waals surface area (Å²) in [6, 6.07) is 18.6. The second-order valence-corrected chi connectivity index (χ2v) is 5.14. The molecule has 0 spiro atoms. The van der Waals surface area contributed by atoms with Gasteiger partial charge < -0.3 is 0 Å². The molecule has 7 heteroatoms. The van der Waals surface area contributed by atoms with Crippen LogP contribution in [-0.2, 0) is 0 Å². The Kier molecular flexibility index (Phi) is 3.92. The summed E-state index contributed by atoms with van der Waals surface area (Å²) in [5.41, 5.74) is 3.19. The van der Waals surface area contributed by atoms with Gasteiger partial charge in [-0.15, -0.1) is 4.79 Å². The van der Waals surface area contributed by atoms with Gasteiger partial charge in [-0.2, -0.15) is 0 Å². The van der Waals surface area contributed by atoms with E-state index in [1.54, 1.807) is 24.3 Å². The number of benzene rings is 2. The zero-order chi connectivity index (χ0) is 14.5. The summed E-state index contributed by atoms with van der Waals surface area (Å²) in [5.74, 6) is -0.266. The van der Waals surface area contributed by atoms with Gasteiger partial charge in [0.05, 0.1) is 0 Å². The lowest BCUT2D eigenvalue weighted by atomic mass is 10.2. The summed E-state index contributed by atoms with van der Waals surface area (Å²) in [7, 11) is 0. The third-order valence-electron chi connectivity index (χ3n) is 2.64. The number of nitrogens with zero attached hydrogens (tertiary/aromatic N) is 4. The molecule has 2 aromatic carbocycles. The highest BCUT2D eigenvalue weighted by Gasteiger charge is 2.12. The summed E-state index contributed by atoms with van der Waals surface area (Å²) in [6.07, 6.45) is 0. The molecular formula is C14H11N5OS. The highest BCUT2D eigenvalue weighted by atomic mass is 32.2. The molecule has 104 valence electrons. The number of carbonyl (C=O) groups excluding carboxylic acids is 1. The van der Waals surface area contributed by atoms with Crippen LogP contribution in [0.3, 0.4) is 0 Å². The van der Waals surface area contributed by atoms with Crippen LogP contribution in [0.15, 0.2) is 70.7 Å². The molecule has 0 saturated carbocycles. The molecule has 0 aliphatic rings. The van der Waals surface area contributed by atoms with Crippen molar-refractivity contribution < 1.29 is 4.79 Å². The Bertz CT molecular complexity index is 729. The lowest BCUT2D eigenvalue weighted by molar-refractivity contribution is 0.100. The Labute approximate surface area is 125 Å². The first-order valence-corrected chi connectivity index (χ1v) is 7.02. The third-order valence-corrected chi connectivity index (χ3v) is 3.58. The van der Waals surface area contributed by atoms with E-state index in [0.717, 1.165) is 4.90 Å². The Morgan fingerprint density at radius 3 is 2.38 bits per heavy atom. The van der Waals surface area contributed by atoms with Crippen LogP contribution < -0.4 is 5.43 Å². The molecule has 6 nitrogen and oxygen atoms in total. The maximum atomic E-state index is 12.1. The molecule has 0 bridgehead atoms. The van der Waals surface area contributed by atoms with Gasteiger partial charge in [-0.05, 0) is 46.5 Å². The van der Waals surface area contributed by atoms with Gasteiger partial charge in [0.15, 0.2) is 0 Å². The fourth-order valence-electron chi connectivity index (χ4n) is 1.66. The van der Waals surface area contributed by atoms with Crippen molar-refractivity contribution in [2.45, 2.75) is 10.1 Å². The Morgan fingerprint density at radius 2 is 1.67 bits per heavy atom. The van der Waals surface area contributed by atoms with E-state index in [4.69, 9.17) is 0 Å². The molecule has 1 amide bonds. The van der Waals surface area contributed by atoms with Crippen LogP contribution in [0, 0.1) is 0 Å². The van der Waals surface area contributed by atoms with Crippen LogP contribution in [-0.4, -0.2) is 26.2 Å². The first-order chi connectivity index (χ1) is 10.3. The van der Waals surface area contributed by atoms with Crippen LogP contribution in [0.5, 0.6) is 0 Å². The molecule has 1 heterocycles. The van der Waals surface area contributed by atoms with Crippen molar-refractivity contribution >= 4 is 17.7 Å². The number of aromatic nitrogens is 4. The summed E-state index contributed by atoms with van der Waals surface area (Å²) >= 11 is 1.37. The van der Waals surface area contributed by atoms with Gasteiger partial charge >= 0.3 is 0 Å². The average molecular weight is 297 g/mol. The lowest BCUT2D eigenvalue weighted by Gasteiger charge is -2.06. The van der Waals surface area contributed by atoms with Crippen LogP contribution in [0.2, 0.25) is 0 Å². The monoisotopic (exact) mass is 297 g/mol. The van der Waals surface area contributed by atoms with E-state index in [2.05, 4.69) is 21.0 Å². The van der Waals surface area contributed by atoms with E-state index in [1.807, 2.05) is 36.4 Å². The molecule has 1 N–H and O–H groups in total. The first-order valence-electron chi connectivity index (χ1n) is 6.20. The van der Waals surface area contributed by atoms with Crippen molar-refractivity contribution in [3.8, 4) is 0 Å². The Morgan fingerprint density at radius 1 is 1.00 bits per heavy atom. The summed E-state index contributed by atoms with van der Waals surface area (Å²) in [5, 5.41) is 11.8. The van der Waals surface area contributed by atoms with Gasteiger partial charge in [-0.3, -0.25) is 4.79 Å². The molecule has 0 saturated heterocycles. The van der Waals surface area contributed by atoms with Gasteiger partial charge in [-0.25, -0.2) is 5.43 Å². The van der Waals surface area contributed by atoms with E-state index in [0.29, 0.717) is 10.7 Å². The molecule has 3 rings (SSSR count). The average Bonchev–Trinajstić information content (AvgIpc) is 2.96. The summed E-state index contributed by atoms with van der Waals surface area (Å²) in [4.78, 5) is 14.3. The summed E-state index contributed by atoms with van der Waals surface area (Å²) in [6.45, 7) is 0. The second kappa shape index (κ2) is 6.19.